The Kier molecular flexibility index (Phi) is 12.1. The highest BCUT2D eigenvalue weighted by molar-refractivity contribution is 6.30. The van der Waals surface area contributed by atoms with E-state index in [9.17, 15) is 14.4 Å². The molecule has 2 fully saturated rings. The van der Waals surface area contributed by atoms with E-state index in [0.29, 0.717) is 49.5 Å². The Balaban J connectivity index is 1.23. The zero-order chi connectivity index (χ0) is 31.6. The third-order valence-electron chi connectivity index (χ3n) is 9.69. The molecule has 0 aromatic heterocycles. The minimum atomic E-state index is -0.655. The summed E-state index contributed by atoms with van der Waals surface area (Å²) in [6.45, 7) is 5.10. The molecule has 45 heavy (non-hydrogen) atoms. The number of rotatable bonds is 11. The van der Waals surface area contributed by atoms with Gasteiger partial charge in [-0.15, -0.1) is 0 Å². The van der Waals surface area contributed by atoms with Gasteiger partial charge in [-0.3, -0.25) is 19.3 Å². The first kappa shape index (κ1) is 33.2. The van der Waals surface area contributed by atoms with Crippen molar-refractivity contribution in [2.75, 3.05) is 26.2 Å². The van der Waals surface area contributed by atoms with Crippen molar-refractivity contribution in [2.24, 2.45) is 5.92 Å². The monoisotopic (exact) mass is 633 g/mol. The van der Waals surface area contributed by atoms with E-state index < -0.39 is 6.04 Å². The summed E-state index contributed by atoms with van der Waals surface area (Å²) >= 11 is 6.14. The van der Waals surface area contributed by atoms with Crippen LogP contribution in [0.1, 0.15) is 68.6 Å². The molecule has 3 atom stereocenters. The predicted molar refractivity (Wildman–Crippen MR) is 179 cm³/mol. The summed E-state index contributed by atoms with van der Waals surface area (Å²) in [5, 5.41) is 9.89. The summed E-state index contributed by atoms with van der Waals surface area (Å²) in [7, 11) is 0. The molecule has 242 valence electrons. The van der Waals surface area contributed by atoms with Gasteiger partial charge in [0.05, 0.1) is 6.04 Å². The number of hydrogen-bond donors (Lipinski definition) is 3. The van der Waals surface area contributed by atoms with Gasteiger partial charge in [0.25, 0.3) is 0 Å². The molecule has 2 aliphatic heterocycles. The van der Waals surface area contributed by atoms with Crippen molar-refractivity contribution in [3.63, 3.8) is 0 Å². The lowest BCUT2D eigenvalue weighted by Gasteiger charge is -2.44. The second-order valence-electron chi connectivity index (χ2n) is 12.8. The first-order valence-corrected chi connectivity index (χ1v) is 17.0. The van der Waals surface area contributed by atoms with Gasteiger partial charge in [0.2, 0.25) is 17.7 Å². The SMILES string of the molecule is CC(=O)N/C=C/CCC(C1CCCCC1)N1CCN(C(=O)[C@@H](Cc2ccc(Cl)cc2)NC(=O)[C@H]2Cc3ccccc3CN2)CC1. The minimum absolute atomic E-state index is 0.0263. The molecule has 1 aliphatic carbocycles. The van der Waals surface area contributed by atoms with Crippen LogP contribution in [0.4, 0.5) is 0 Å². The highest BCUT2D eigenvalue weighted by Crippen LogP contribution is 2.32. The summed E-state index contributed by atoms with van der Waals surface area (Å²) < 4.78 is 0. The highest BCUT2D eigenvalue weighted by atomic mass is 35.5. The smallest absolute Gasteiger partial charge is 0.245 e. The maximum atomic E-state index is 14.1. The van der Waals surface area contributed by atoms with Crippen molar-refractivity contribution in [3.05, 3.63) is 82.5 Å². The van der Waals surface area contributed by atoms with E-state index in [-0.39, 0.29) is 23.8 Å². The Morgan fingerprint density at radius 2 is 1.69 bits per heavy atom. The third kappa shape index (κ3) is 9.41. The average molecular weight is 634 g/mol. The molecule has 3 amide bonds. The fourth-order valence-corrected chi connectivity index (χ4v) is 7.35. The largest absolute Gasteiger partial charge is 0.343 e. The molecular formula is C36H48ClN5O3. The molecule has 3 aliphatic rings. The maximum Gasteiger partial charge on any atom is 0.245 e. The lowest BCUT2D eigenvalue weighted by molar-refractivity contribution is -0.138. The number of fused-ring (bicyclic) bond motifs is 1. The van der Waals surface area contributed by atoms with Crippen LogP contribution in [0.25, 0.3) is 0 Å². The van der Waals surface area contributed by atoms with E-state index >= 15 is 0 Å². The van der Waals surface area contributed by atoms with Crippen LogP contribution in [-0.4, -0.2) is 71.8 Å². The molecule has 8 nitrogen and oxygen atoms in total. The minimum Gasteiger partial charge on any atom is -0.343 e. The predicted octanol–water partition coefficient (Wildman–Crippen LogP) is 4.60. The molecule has 2 aromatic carbocycles. The van der Waals surface area contributed by atoms with E-state index in [1.165, 1.54) is 50.2 Å². The van der Waals surface area contributed by atoms with Crippen molar-refractivity contribution in [2.45, 2.75) is 89.4 Å². The van der Waals surface area contributed by atoms with Gasteiger partial charge >= 0.3 is 0 Å². The summed E-state index contributed by atoms with van der Waals surface area (Å²) in [5.41, 5.74) is 3.35. The van der Waals surface area contributed by atoms with Crippen LogP contribution in [0.2, 0.25) is 5.02 Å². The Hall–Kier alpha value is -3.20. The Labute approximate surface area is 272 Å². The lowest BCUT2D eigenvalue weighted by atomic mass is 9.81. The van der Waals surface area contributed by atoms with Crippen molar-refractivity contribution in [3.8, 4) is 0 Å². The van der Waals surface area contributed by atoms with Crippen molar-refractivity contribution < 1.29 is 14.4 Å². The molecule has 2 aromatic rings. The van der Waals surface area contributed by atoms with E-state index in [1.807, 2.05) is 41.3 Å². The van der Waals surface area contributed by atoms with Gasteiger partial charge in [-0.05, 0) is 73.0 Å². The zero-order valence-electron chi connectivity index (χ0n) is 26.5. The number of halogens is 1. The van der Waals surface area contributed by atoms with Crippen LogP contribution in [0.15, 0.2) is 60.8 Å². The van der Waals surface area contributed by atoms with Crippen molar-refractivity contribution in [1.82, 2.24) is 25.8 Å². The summed E-state index contributed by atoms with van der Waals surface area (Å²) in [5.74, 6) is 0.448. The van der Waals surface area contributed by atoms with Gasteiger partial charge in [0, 0.05) is 57.1 Å². The number of benzene rings is 2. The van der Waals surface area contributed by atoms with Crippen LogP contribution in [-0.2, 0) is 33.8 Å². The molecule has 5 rings (SSSR count). The lowest BCUT2D eigenvalue weighted by Crippen LogP contribution is -2.59. The quantitative estimate of drug-likeness (QED) is 0.336. The summed E-state index contributed by atoms with van der Waals surface area (Å²) in [6, 6.07) is 15.1. The fraction of sp³-hybridized carbons (Fsp3) is 0.528. The Morgan fingerprint density at radius 3 is 2.40 bits per heavy atom. The molecule has 2 heterocycles. The molecule has 9 heteroatoms. The van der Waals surface area contributed by atoms with Gasteiger partial charge in [0.15, 0.2) is 0 Å². The molecule has 3 N–H and O–H groups in total. The van der Waals surface area contributed by atoms with Crippen LogP contribution >= 0.6 is 11.6 Å². The number of carbonyl (C=O) groups excluding carboxylic acids is 3. The summed E-state index contributed by atoms with van der Waals surface area (Å²) in [6.07, 6.45) is 13.2. The van der Waals surface area contributed by atoms with E-state index in [1.54, 1.807) is 6.20 Å². The number of nitrogens with one attached hydrogen (secondary N) is 3. The zero-order valence-corrected chi connectivity index (χ0v) is 27.2. The van der Waals surface area contributed by atoms with Gasteiger partial charge < -0.3 is 20.9 Å². The first-order chi connectivity index (χ1) is 21.9. The second-order valence-corrected chi connectivity index (χ2v) is 13.2. The van der Waals surface area contributed by atoms with Gasteiger partial charge in [0.1, 0.15) is 6.04 Å². The maximum absolute atomic E-state index is 14.1. The molecule has 0 spiro atoms. The molecule has 0 radical (unpaired) electrons. The standard InChI is InChI=1S/C36H48ClN5O3/c1-26(43)38-18-8-7-13-34(28-9-3-2-4-10-28)41-19-21-42(22-20-41)36(45)33(23-27-14-16-31(37)17-15-27)40-35(44)32-24-29-11-5-6-12-30(29)25-39-32/h5-6,8,11-12,14-18,28,32-34,39H,2-4,7,9-10,13,19-25H2,1H3,(H,38,43)(H,40,44)/b18-8+/t32-,33-,34?/m1/s1. The fourth-order valence-electron chi connectivity index (χ4n) is 7.22. The topological polar surface area (TPSA) is 93.8 Å². The number of hydrogen-bond acceptors (Lipinski definition) is 5. The number of allylic oxidation sites excluding steroid dienone is 1. The van der Waals surface area contributed by atoms with Crippen molar-refractivity contribution in [1.29, 1.82) is 0 Å². The van der Waals surface area contributed by atoms with Crippen LogP contribution in [0.3, 0.4) is 0 Å². The second kappa shape index (κ2) is 16.4. The first-order valence-electron chi connectivity index (χ1n) is 16.7. The van der Waals surface area contributed by atoms with Gasteiger partial charge in [-0.1, -0.05) is 73.3 Å². The van der Waals surface area contributed by atoms with E-state index in [4.69, 9.17) is 11.6 Å². The van der Waals surface area contributed by atoms with Gasteiger partial charge in [-0.2, -0.15) is 0 Å². The van der Waals surface area contributed by atoms with E-state index in [0.717, 1.165) is 31.5 Å². The van der Waals surface area contributed by atoms with E-state index in [2.05, 4.69) is 39.1 Å². The number of piperazine rings is 1. The van der Waals surface area contributed by atoms with Crippen molar-refractivity contribution >= 4 is 29.3 Å². The number of amides is 3. The number of nitrogens with zero attached hydrogens (tertiary/aromatic N) is 2. The number of carbonyl (C=O) groups is 3. The molecule has 1 saturated heterocycles. The molecule has 1 unspecified atom stereocenters. The van der Waals surface area contributed by atoms with Crippen LogP contribution in [0, 0.1) is 5.92 Å². The van der Waals surface area contributed by atoms with Crippen LogP contribution in [0.5, 0.6) is 0 Å². The van der Waals surface area contributed by atoms with Gasteiger partial charge in [-0.25, -0.2) is 0 Å². The normalized spacial score (nSPS) is 20.8. The molecule has 0 bridgehead atoms. The highest BCUT2D eigenvalue weighted by Gasteiger charge is 2.35. The third-order valence-corrected chi connectivity index (χ3v) is 9.94. The molecule has 1 saturated carbocycles. The average Bonchev–Trinajstić information content (AvgIpc) is 3.07. The Morgan fingerprint density at radius 1 is 0.978 bits per heavy atom. The van der Waals surface area contributed by atoms with Crippen LogP contribution < -0.4 is 16.0 Å². The Bertz CT molecular complexity index is 1320. The summed E-state index contributed by atoms with van der Waals surface area (Å²) in [4.78, 5) is 43.4. The molecular weight excluding hydrogens is 586 g/mol.